The Morgan fingerprint density at radius 2 is 1.81 bits per heavy atom. The summed E-state index contributed by atoms with van der Waals surface area (Å²) in [6.45, 7) is 9.86. The zero-order chi connectivity index (χ0) is 20.7. The van der Waals surface area contributed by atoms with Gasteiger partial charge in [0.05, 0.1) is 11.8 Å². The Bertz CT molecular complexity index is 1210. The number of ether oxygens (including phenoxy) is 1. The second-order valence-electron chi connectivity index (χ2n) is 7.88. The average Bonchev–Trinajstić information content (AvgIpc) is 3.14. The summed E-state index contributed by atoms with van der Waals surface area (Å²) in [7, 11) is 0. The van der Waals surface area contributed by atoms with Crippen molar-refractivity contribution in [3.63, 3.8) is 0 Å². The quantitative estimate of drug-likeness (QED) is 0.475. The summed E-state index contributed by atoms with van der Waals surface area (Å²) >= 11 is 1.62. The minimum atomic E-state index is 0. The highest BCUT2D eigenvalue weighted by molar-refractivity contribution is 7.25. The number of pyridine rings is 1. The molecule has 1 fully saturated rings. The Balaban J connectivity index is 0.00000231. The van der Waals surface area contributed by atoms with Crippen LogP contribution in [0.25, 0.3) is 31.7 Å². The van der Waals surface area contributed by atoms with E-state index in [4.69, 9.17) is 19.7 Å². The van der Waals surface area contributed by atoms with Crippen molar-refractivity contribution in [3.05, 3.63) is 42.0 Å². The molecule has 0 radical (unpaired) electrons. The summed E-state index contributed by atoms with van der Waals surface area (Å²) in [6, 6.07) is 12.5. The minimum absolute atomic E-state index is 0. The molecule has 0 atom stereocenters. The van der Waals surface area contributed by atoms with Gasteiger partial charge < -0.3 is 15.0 Å². The fraction of sp³-hybridized carbons (Fsp3) is 0.348. The molecule has 0 saturated carbocycles. The molecule has 1 aliphatic rings. The molecule has 6 nitrogen and oxygen atoms in total. The standard InChI is InChI=1S/C23H25N5OS.ClH/c1-14(2)29-21-20-19(26-23(27-21)28-11-9-24-10-12-28)18-15(3)13-17(25-22(18)30-20)16-7-5-4-6-8-16;/h4-8,13-14,24H,9-12H2,1-3H3;1H. The number of aryl methyl sites for hydroxylation is 1. The number of anilines is 1. The van der Waals surface area contributed by atoms with E-state index in [2.05, 4.69) is 35.3 Å². The van der Waals surface area contributed by atoms with Crippen molar-refractivity contribution >= 4 is 50.1 Å². The van der Waals surface area contributed by atoms with E-state index in [0.29, 0.717) is 5.88 Å². The predicted octanol–water partition coefficient (Wildman–Crippen LogP) is 4.83. The van der Waals surface area contributed by atoms with Gasteiger partial charge in [0.1, 0.15) is 15.0 Å². The molecule has 4 heterocycles. The zero-order valence-electron chi connectivity index (χ0n) is 17.9. The molecule has 1 N–H and O–H groups in total. The number of benzene rings is 1. The van der Waals surface area contributed by atoms with Crippen LogP contribution in [0.4, 0.5) is 5.95 Å². The van der Waals surface area contributed by atoms with Crippen molar-refractivity contribution in [1.82, 2.24) is 20.3 Å². The molecular weight excluding hydrogens is 430 g/mol. The molecule has 4 aromatic rings. The second kappa shape index (κ2) is 8.94. The van der Waals surface area contributed by atoms with Gasteiger partial charge in [-0.2, -0.15) is 4.98 Å². The maximum absolute atomic E-state index is 6.13. The molecule has 1 aliphatic heterocycles. The first kappa shape index (κ1) is 21.7. The van der Waals surface area contributed by atoms with Crippen molar-refractivity contribution in [1.29, 1.82) is 0 Å². The fourth-order valence-electron chi connectivity index (χ4n) is 3.85. The summed E-state index contributed by atoms with van der Waals surface area (Å²) in [4.78, 5) is 18.0. The van der Waals surface area contributed by atoms with Crippen LogP contribution >= 0.6 is 23.7 Å². The molecule has 1 aromatic carbocycles. The maximum Gasteiger partial charge on any atom is 0.237 e. The third-order valence-electron chi connectivity index (χ3n) is 5.26. The summed E-state index contributed by atoms with van der Waals surface area (Å²) in [6.07, 6.45) is 0.0399. The molecule has 0 unspecified atom stereocenters. The lowest BCUT2D eigenvalue weighted by atomic mass is 10.1. The van der Waals surface area contributed by atoms with Gasteiger partial charge in [-0.15, -0.1) is 23.7 Å². The highest BCUT2D eigenvalue weighted by atomic mass is 35.5. The third kappa shape index (κ3) is 4.18. The molecule has 0 spiro atoms. The zero-order valence-corrected chi connectivity index (χ0v) is 19.5. The highest BCUT2D eigenvalue weighted by Crippen LogP contribution is 2.40. The lowest BCUT2D eigenvalue weighted by Gasteiger charge is -2.27. The van der Waals surface area contributed by atoms with Gasteiger partial charge in [-0.25, -0.2) is 9.97 Å². The first-order chi connectivity index (χ1) is 14.6. The number of aromatic nitrogens is 3. The van der Waals surface area contributed by atoms with Crippen molar-refractivity contribution in [2.45, 2.75) is 26.9 Å². The van der Waals surface area contributed by atoms with Gasteiger partial charge in [0.2, 0.25) is 11.8 Å². The van der Waals surface area contributed by atoms with E-state index in [1.165, 1.54) is 5.56 Å². The summed E-state index contributed by atoms with van der Waals surface area (Å²) < 4.78 is 7.10. The van der Waals surface area contributed by atoms with Crippen LogP contribution in [-0.4, -0.2) is 47.2 Å². The topological polar surface area (TPSA) is 63.2 Å². The predicted molar refractivity (Wildman–Crippen MR) is 131 cm³/mol. The number of hydrogen-bond donors (Lipinski definition) is 1. The van der Waals surface area contributed by atoms with E-state index < -0.39 is 0 Å². The lowest BCUT2D eigenvalue weighted by molar-refractivity contribution is 0.236. The van der Waals surface area contributed by atoms with Gasteiger partial charge in [-0.1, -0.05) is 30.3 Å². The normalized spacial score (nSPS) is 14.3. The van der Waals surface area contributed by atoms with E-state index in [-0.39, 0.29) is 18.5 Å². The molecule has 162 valence electrons. The summed E-state index contributed by atoms with van der Waals surface area (Å²) in [5.41, 5.74) is 4.21. The molecule has 0 amide bonds. The smallest absolute Gasteiger partial charge is 0.237 e. The molecule has 8 heteroatoms. The molecule has 3 aromatic heterocycles. The average molecular weight is 456 g/mol. The van der Waals surface area contributed by atoms with Gasteiger partial charge in [-0.3, -0.25) is 0 Å². The van der Waals surface area contributed by atoms with Crippen LogP contribution in [0.3, 0.4) is 0 Å². The van der Waals surface area contributed by atoms with Gasteiger partial charge >= 0.3 is 0 Å². The summed E-state index contributed by atoms with van der Waals surface area (Å²) in [5.74, 6) is 1.40. The lowest BCUT2D eigenvalue weighted by Crippen LogP contribution is -2.44. The molecule has 31 heavy (non-hydrogen) atoms. The van der Waals surface area contributed by atoms with Crippen LogP contribution in [0, 0.1) is 6.92 Å². The Morgan fingerprint density at radius 3 is 2.52 bits per heavy atom. The monoisotopic (exact) mass is 455 g/mol. The maximum atomic E-state index is 6.13. The number of nitrogens with zero attached hydrogens (tertiary/aromatic N) is 4. The van der Waals surface area contributed by atoms with Crippen LogP contribution in [0.5, 0.6) is 5.88 Å². The Kier molecular flexibility index (Phi) is 6.27. The Hall–Kier alpha value is -2.48. The first-order valence-electron chi connectivity index (χ1n) is 10.4. The van der Waals surface area contributed by atoms with Crippen LogP contribution in [0.2, 0.25) is 0 Å². The molecule has 0 aliphatic carbocycles. The van der Waals surface area contributed by atoms with E-state index >= 15 is 0 Å². The van der Waals surface area contributed by atoms with Crippen molar-refractivity contribution in [2.24, 2.45) is 0 Å². The van der Waals surface area contributed by atoms with E-state index in [0.717, 1.165) is 63.8 Å². The molecule has 5 rings (SSSR count). The highest BCUT2D eigenvalue weighted by Gasteiger charge is 2.22. The summed E-state index contributed by atoms with van der Waals surface area (Å²) in [5, 5.41) is 4.49. The molecular formula is C23H26ClN5OS. The van der Waals surface area contributed by atoms with E-state index in [1.54, 1.807) is 11.3 Å². The number of rotatable bonds is 4. The van der Waals surface area contributed by atoms with Gasteiger partial charge in [0.25, 0.3) is 0 Å². The van der Waals surface area contributed by atoms with E-state index in [1.807, 2.05) is 32.0 Å². The van der Waals surface area contributed by atoms with Gasteiger partial charge in [0, 0.05) is 37.1 Å². The second-order valence-corrected chi connectivity index (χ2v) is 8.88. The van der Waals surface area contributed by atoms with Crippen LogP contribution in [0.1, 0.15) is 19.4 Å². The van der Waals surface area contributed by atoms with Gasteiger partial charge in [-0.05, 0) is 32.4 Å². The molecule has 0 bridgehead atoms. The number of halogens is 1. The minimum Gasteiger partial charge on any atom is -0.474 e. The SMILES string of the molecule is Cc1cc(-c2ccccc2)nc2sc3c(OC(C)C)nc(N4CCNCC4)nc3c12.Cl. The number of piperazine rings is 1. The number of hydrogen-bond acceptors (Lipinski definition) is 7. The number of fused-ring (bicyclic) bond motifs is 3. The van der Waals surface area contributed by atoms with Crippen molar-refractivity contribution in [3.8, 4) is 17.1 Å². The fourth-order valence-corrected chi connectivity index (χ4v) is 4.97. The van der Waals surface area contributed by atoms with Crippen molar-refractivity contribution in [2.75, 3.05) is 31.1 Å². The Morgan fingerprint density at radius 1 is 1.06 bits per heavy atom. The van der Waals surface area contributed by atoms with Gasteiger partial charge in [0.15, 0.2) is 0 Å². The first-order valence-corrected chi connectivity index (χ1v) is 11.2. The number of nitrogens with one attached hydrogen (secondary N) is 1. The number of thiophene rings is 1. The Labute approximate surface area is 192 Å². The third-order valence-corrected chi connectivity index (χ3v) is 6.32. The van der Waals surface area contributed by atoms with E-state index in [9.17, 15) is 0 Å². The molecule has 1 saturated heterocycles. The van der Waals surface area contributed by atoms with Crippen molar-refractivity contribution < 1.29 is 4.74 Å². The van der Waals surface area contributed by atoms with Crippen LogP contribution < -0.4 is 15.0 Å². The van der Waals surface area contributed by atoms with Crippen LogP contribution in [-0.2, 0) is 0 Å². The van der Waals surface area contributed by atoms with Crippen LogP contribution in [0.15, 0.2) is 36.4 Å². The largest absolute Gasteiger partial charge is 0.474 e.